The van der Waals surface area contributed by atoms with E-state index in [0.717, 1.165) is 5.56 Å². The molecule has 0 bridgehead atoms. The standard InChI is InChI=1S/C24H18O6/c1-28-17-9-7-15(8-10-17)20-14-22(25)30-21-13-18(11-12-19(20)21)29-23(24(26)27)16-5-3-2-4-6-16/h2-14,23H,1H3,(H,26,27). The Hall–Kier alpha value is -4.06. The minimum atomic E-state index is -1.18. The Morgan fingerprint density at radius 3 is 2.30 bits per heavy atom. The molecular weight excluding hydrogens is 384 g/mol. The Labute approximate surface area is 171 Å². The van der Waals surface area contributed by atoms with E-state index in [9.17, 15) is 14.7 Å². The number of rotatable bonds is 6. The van der Waals surface area contributed by atoms with Gasteiger partial charge in [0.1, 0.15) is 17.1 Å². The van der Waals surface area contributed by atoms with Gasteiger partial charge in [0.25, 0.3) is 0 Å². The fourth-order valence-corrected chi connectivity index (χ4v) is 3.25. The number of benzene rings is 3. The van der Waals surface area contributed by atoms with Crippen LogP contribution in [-0.2, 0) is 4.79 Å². The molecule has 0 aliphatic rings. The van der Waals surface area contributed by atoms with Crippen LogP contribution in [0.3, 0.4) is 0 Å². The van der Waals surface area contributed by atoms with E-state index in [1.165, 1.54) is 12.1 Å². The molecule has 0 aliphatic carbocycles. The lowest BCUT2D eigenvalue weighted by atomic mass is 10.0. The van der Waals surface area contributed by atoms with Crippen LogP contribution in [0.2, 0.25) is 0 Å². The summed E-state index contributed by atoms with van der Waals surface area (Å²) in [6, 6.07) is 22.3. The lowest BCUT2D eigenvalue weighted by molar-refractivity contribution is -0.145. The maximum atomic E-state index is 12.1. The Morgan fingerprint density at radius 1 is 0.933 bits per heavy atom. The third-order valence-electron chi connectivity index (χ3n) is 4.70. The summed E-state index contributed by atoms with van der Waals surface area (Å²) >= 11 is 0. The highest BCUT2D eigenvalue weighted by molar-refractivity contribution is 5.93. The van der Waals surface area contributed by atoms with Crippen LogP contribution in [0.5, 0.6) is 11.5 Å². The van der Waals surface area contributed by atoms with Gasteiger partial charge in [0.05, 0.1) is 7.11 Å². The molecule has 1 aromatic heterocycles. The maximum Gasteiger partial charge on any atom is 0.349 e. The molecule has 0 saturated carbocycles. The van der Waals surface area contributed by atoms with Crippen molar-refractivity contribution >= 4 is 16.9 Å². The monoisotopic (exact) mass is 402 g/mol. The predicted octanol–water partition coefficient (Wildman–Crippen LogP) is 4.67. The first-order chi connectivity index (χ1) is 14.5. The van der Waals surface area contributed by atoms with Gasteiger partial charge in [-0.05, 0) is 35.4 Å². The number of carbonyl (C=O) groups is 1. The lowest BCUT2D eigenvalue weighted by Gasteiger charge is -2.16. The van der Waals surface area contributed by atoms with Gasteiger partial charge in [0.2, 0.25) is 6.10 Å². The highest BCUT2D eigenvalue weighted by Gasteiger charge is 2.22. The largest absolute Gasteiger partial charge is 0.497 e. The number of fused-ring (bicyclic) bond motifs is 1. The average Bonchev–Trinajstić information content (AvgIpc) is 2.77. The molecule has 30 heavy (non-hydrogen) atoms. The molecule has 3 aromatic carbocycles. The van der Waals surface area contributed by atoms with Crippen LogP contribution in [-0.4, -0.2) is 18.2 Å². The van der Waals surface area contributed by atoms with Crippen molar-refractivity contribution in [1.29, 1.82) is 0 Å². The molecule has 1 atom stereocenters. The van der Waals surface area contributed by atoms with Gasteiger partial charge < -0.3 is 19.0 Å². The summed E-state index contributed by atoms with van der Waals surface area (Å²) in [6.45, 7) is 0. The summed E-state index contributed by atoms with van der Waals surface area (Å²) in [6.07, 6.45) is -1.18. The number of hydrogen-bond donors (Lipinski definition) is 1. The molecular formula is C24H18O6. The SMILES string of the molecule is COc1ccc(-c2cc(=O)oc3cc(OC(C(=O)O)c4ccccc4)ccc23)cc1. The van der Waals surface area contributed by atoms with Crippen molar-refractivity contribution in [3.05, 3.63) is 94.8 Å². The molecule has 0 aliphatic heterocycles. The van der Waals surface area contributed by atoms with Crippen LogP contribution < -0.4 is 15.1 Å². The summed E-state index contributed by atoms with van der Waals surface area (Å²) in [5.41, 5.74) is 1.84. The Morgan fingerprint density at radius 2 is 1.63 bits per heavy atom. The number of aliphatic carboxylic acids is 1. The molecule has 1 N–H and O–H groups in total. The second kappa shape index (κ2) is 8.13. The van der Waals surface area contributed by atoms with Gasteiger partial charge in [-0.2, -0.15) is 0 Å². The Balaban J connectivity index is 1.74. The van der Waals surface area contributed by atoms with Gasteiger partial charge in [-0.3, -0.25) is 0 Å². The summed E-state index contributed by atoms with van der Waals surface area (Å²) in [7, 11) is 1.59. The average molecular weight is 402 g/mol. The quantitative estimate of drug-likeness (QED) is 0.472. The van der Waals surface area contributed by atoms with Crippen molar-refractivity contribution in [3.8, 4) is 22.6 Å². The third kappa shape index (κ3) is 3.89. The van der Waals surface area contributed by atoms with E-state index < -0.39 is 17.7 Å². The van der Waals surface area contributed by atoms with Gasteiger partial charge in [-0.15, -0.1) is 0 Å². The molecule has 150 valence electrons. The summed E-state index contributed by atoms with van der Waals surface area (Å²) in [4.78, 5) is 23.8. The molecule has 6 nitrogen and oxygen atoms in total. The van der Waals surface area contributed by atoms with Gasteiger partial charge in [0, 0.05) is 23.1 Å². The number of methoxy groups -OCH3 is 1. The smallest absolute Gasteiger partial charge is 0.349 e. The van der Waals surface area contributed by atoms with E-state index in [1.807, 2.05) is 24.3 Å². The van der Waals surface area contributed by atoms with Gasteiger partial charge in [-0.1, -0.05) is 42.5 Å². The first-order valence-electron chi connectivity index (χ1n) is 9.22. The van der Waals surface area contributed by atoms with Crippen LogP contribution >= 0.6 is 0 Å². The van der Waals surface area contributed by atoms with Gasteiger partial charge >= 0.3 is 11.6 Å². The minimum absolute atomic E-state index is 0.286. The normalized spacial score (nSPS) is 11.8. The van der Waals surface area contributed by atoms with Crippen molar-refractivity contribution in [2.24, 2.45) is 0 Å². The molecule has 0 saturated heterocycles. The predicted molar refractivity (Wildman–Crippen MR) is 112 cm³/mol. The molecule has 0 amide bonds. The summed E-state index contributed by atoms with van der Waals surface area (Å²) in [5, 5.41) is 10.3. The van der Waals surface area contributed by atoms with E-state index in [0.29, 0.717) is 27.8 Å². The molecule has 0 spiro atoms. The molecule has 4 aromatic rings. The van der Waals surface area contributed by atoms with E-state index in [1.54, 1.807) is 49.6 Å². The number of carboxylic acid groups (broad SMARTS) is 1. The van der Waals surface area contributed by atoms with Crippen molar-refractivity contribution < 1.29 is 23.8 Å². The topological polar surface area (TPSA) is 86.0 Å². The Kier molecular flexibility index (Phi) is 5.22. The highest BCUT2D eigenvalue weighted by atomic mass is 16.5. The number of carboxylic acids is 1. The molecule has 1 unspecified atom stereocenters. The number of hydrogen-bond acceptors (Lipinski definition) is 5. The van der Waals surface area contributed by atoms with E-state index in [4.69, 9.17) is 13.9 Å². The first kappa shape index (κ1) is 19.3. The molecule has 0 radical (unpaired) electrons. The van der Waals surface area contributed by atoms with Crippen molar-refractivity contribution in [3.63, 3.8) is 0 Å². The van der Waals surface area contributed by atoms with Gasteiger partial charge in [0.15, 0.2) is 0 Å². The van der Waals surface area contributed by atoms with E-state index >= 15 is 0 Å². The van der Waals surface area contributed by atoms with Crippen molar-refractivity contribution in [1.82, 2.24) is 0 Å². The zero-order valence-corrected chi connectivity index (χ0v) is 16.1. The molecule has 1 heterocycles. The second-order valence-corrected chi connectivity index (χ2v) is 6.61. The maximum absolute atomic E-state index is 12.1. The molecule has 0 fully saturated rings. The van der Waals surface area contributed by atoms with Crippen LogP contribution in [0.4, 0.5) is 0 Å². The third-order valence-corrected chi connectivity index (χ3v) is 4.70. The fourth-order valence-electron chi connectivity index (χ4n) is 3.25. The van der Waals surface area contributed by atoms with E-state index in [2.05, 4.69) is 0 Å². The van der Waals surface area contributed by atoms with Gasteiger partial charge in [-0.25, -0.2) is 9.59 Å². The minimum Gasteiger partial charge on any atom is -0.497 e. The summed E-state index contributed by atoms with van der Waals surface area (Å²) in [5.74, 6) is -0.120. The lowest BCUT2D eigenvalue weighted by Crippen LogP contribution is -2.18. The van der Waals surface area contributed by atoms with Crippen LogP contribution in [0.15, 0.2) is 88.1 Å². The Bertz CT molecular complexity index is 1240. The molecule has 6 heteroatoms. The van der Waals surface area contributed by atoms with Crippen LogP contribution in [0.1, 0.15) is 11.7 Å². The fraction of sp³-hybridized carbons (Fsp3) is 0.0833. The first-order valence-corrected chi connectivity index (χ1v) is 9.22. The van der Waals surface area contributed by atoms with Crippen LogP contribution in [0, 0.1) is 0 Å². The highest BCUT2D eigenvalue weighted by Crippen LogP contribution is 2.32. The molecule has 4 rings (SSSR count). The van der Waals surface area contributed by atoms with E-state index in [-0.39, 0.29) is 5.75 Å². The zero-order valence-electron chi connectivity index (χ0n) is 16.1. The number of ether oxygens (including phenoxy) is 2. The summed E-state index contributed by atoms with van der Waals surface area (Å²) < 4.78 is 16.2. The second-order valence-electron chi connectivity index (χ2n) is 6.61. The van der Waals surface area contributed by atoms with Crippen molar-refractivity contribution in [2.75, 3.05) is 7.11 Å². The van der Waals surface area contributed by atoms with Crippen molar-refractivity contribution in [2.45, 2.75) is 6.10 Å². The van der Waals surface area contributed by atoms with Crippen LogP contribution in [0.25, 0.3) is 22.1 Å². The zero-order chi connectivity index (χ0) is 21.1.